The first kappa shape index (κ1) is 19.1. The van der Waals surface area contributed by atoms with Crippen LogP contribution in [0.25, 0.3) is 6.08 Å². The van der Waals surface area contributed by atoms with Crippen molar-refractivity contribution in [2.75, 3.05) is 27.9 Å². The van der Waals surface area contributed by atoms with Crippen molar-refractivity contribution in [2.45, 2.75) is 0 Å². The Labute approximate surface area is 151 Å². The average molecular weight is 356 g/mol. The lowest BCUT2D eigenvalue weighted by Gasteiger charge is -2.08. The average Bonchev–Trinajstić information content (AvgIpc) is 2.69. The predicted octanol–water partition coefficient (Wildman–Crippen LogP) is 3.15. The molecule has 2 aromatic rings. The van der Waals surface area contributed by atoms with E-state index in [2.05, 4.69) is 0 Å². The molecule has 0 N–H and O–H groups in total. The number of carbonyl (C=O) groups is 2. The van der Waals surface area contributed by atoms with Crippen LogP contribution in [0.5, 0.6) is 17.2 Å². The fourth-order valence-electron chi connectivity index (χ4n) is 2.27. The number of rotatable bonds is 8. The number of methoxy groups -OCH3 is 3. The van der Waals surface area contributed by atoms with Gasteiger partial charge in [-0.2, -0.15) is 0 Å². The van der Waals surface area contributed by atoms with Crippen molar-refractivity contribution in [2.24, 2.45) is 0 Å². The van der Waals surface area contributed by atoms with E-state index in [9.17, 15) is 9.59 Å². The smallest absolute Gasteiger partial charge is 0.331 e. The maximum atomic E-state index is 12.2. The summed E-state index contributed by atoms with van der Waals surface area (Å²) >= 11 is 0. The number of benzene rings is 2. The maximum absolute atomic E-state index is 12.2. The Morgan fingerprint density at radius 1 is 0.923 bits per heavy atom. The lowest BCUT2D eigenvalue weighted by Crippen LogP contribution is -2.13. The largest absolute Gasteiger partial charge is 0.497 e. The molecular formula is C20H20O6. The molecule has 0 unspecified atom stereocenters. The van der Waals surface area contributed by atoms with Crippen molar-refractivity contribution in [1.82, 2.24) is 0 Å². The second kappa shape index (κ2) is 9.27. The van der Waals surface area contributed by atoms with Gasteiger partial charge in [0.2, 0.25) is 5.78 Å². The summed E-state index contributed by atoms with van der Waals surface area (Å²) < 4.78 is 20.5. The third-order valence-electron chi connectivity index (χ3n) is 3.59. The van der Waals surface area contributed by atoms with Crippen LogP contribution < -0.4 is 14.2 Å². The zero-order valence-electron chi connectivity index (χ0n) is 14.9. The molecule has 2 rings (SSSR count). The number of hydrogen-bond donors (Lipinski definition) is 0. The molecule has 0 fully saturated rings. The molecule has 0 heterocycles. The van der Waals surface area contributed by atoms with Crippen molar-refractivity contribution >= 4 is 17.8 Å². The quantitative estimate of drug-likeness (QED) is 0.411. The van der Waals surface area contributed by atoms with Crippen molar-refractivity contribution in [3.8, 4) is 17.2 Å². The highest BCUT2D eigenvalue weighted by molar-refractivity contribution is 6.01. The van der Waals surface area contributed by atoms with Gasteiger partial charge in [0.25, 0.3) is 0 Å². The van der Waals surface area contributed by atoms with Crippen molar-refractivity contribution < 1.29 is 28.5 Å². The van der Waals surface area contributed by atoms with Crippen molar-refractivity contribution in [3.05, 3.63) is 59.7 Å². The van der Waals surface area contributed by atoms with Gasteiger partial charge in [-0.05, 0) is 36.4 Å². The van der Waals surface area contributed by atoms with Crippen molar-refractivity contribution in [1.29, 1.82) is 0 Å². The van der Waals surface area contributed by atoms with E-state index in [1.54, 1.807) is 49.6 Å². The summed E-state index contributed by atoms with van der Waals surface area (Å²) in [5, 5.41) is 0. The highest BCUT2D eigenvalue weighted by Gasteiger charge is 2.13. The second-order valence-corrected chi connectivity index (χ2v) is 5.17. The van der Waals surface area contributed by atoms with E-state index in [1.807, 2.05) is 0 Å². The van der Waals surface area contributed by atoms with Crippen LogP contribution in [0.15, 0.2) is 48.5 Å². The van der Waals surface area contributed by atoms with Crippen LogP contribution in [0.4, 0.5) is 0 Å². The molecule has 0 bridgehead atoms. The standard InChI is InChI=1S/C20H20O6/c1-23-15-9-10-18(24-2)14(12-15)8-11-20(22)26-13-17(21)16-6-4-5-7-19(16)25-3/h4-12H,13H2,1-3H3/b11-8+. The number of hydrogen-bond acceptors (Lipinski definition) is 6. The Hall–Kier alpha value is -3.28. The molecule has 0 spiro atoms. The second-order valence-electron chi connectivity index (χ2n) is 5.17. The molecule has 0 radical (unpaired) electrons. The molecule has 136 valence electrons. The third-order valence-corrected chi connectivity index (χ3v) is 3.59. The monoisotopic (exact) mass is 356 g/mol. The van der Waals surface area contributed by atoms with E-state index in [1.165, 1.54) is 26.4 Å². The normalized spacial score (nSPS) is 10.4. The maximum Gasteiger partial charge on any atom is 0.331 e. The highest BCUT2D eigenvalue weighted by atomic mass is 16.5. The summed E-state index contributed by atoms with van der Waals surface area (Å²) in [4.78, 5) is 24.1. The molecule has 6 nitrogen and oxygen atoms in total. The summed E-state index contributed by atoms with van der Waals surface area (Å²) in [6, 6.07) is 12.0. The van der Waals surface area contributed by atoms with Crippen LogP contribution in [-0.2, 0) is 9.53 Å². The number of ketones is 1. The van der Waals surface area contributed by atoms with Gasteiger partial charge >= 0.3 is 5.97 Å². The van der Waals surface area contributed by atoms with Crippen LogP contribution in [-0.4, -0.2) is 39.7 Å². The van der Waals surface area contributed by atoms with E-state index in [-0.39, 0.29) is 12.4 Å². The Bertz CT molecular complexity index is 810. The van der Waals surface area contributed by atoms with Crippen LogP contribution in [0.2, 0.25) is 0 Å². The fourth-order valence-corrected chi connectivity index (χ4v) is 2.27. The van der Waals surface area contributed by atoms with Gasteiger partial charge in [0.15, 0.2) is 6.61 Å². The first-order valence-electron chi connectivity index (χ1n) is 7.82. The van der Waals surface area contributed by atoms with Gasteiger partial charge < -0.3 is 18.9 Å². The molecule has 2 aromatic carbocycles. The Morgan fingerprint density at radius 2 is 1.65 bits per heavy atom. The molecule has 6 heteroatoms. The molecule has 0 saturated heterocycles. The molecule has 0 amide bonds. The van der Waals surface area contributed by atoms with E-state index in [4.69, 9.17) is 18.9 Å². The van der Waals surface area contributed by atoms with E-state index in [0.717, 1.165) is 0 Å². The number of ether oxygens (including phenoxy) is 4. The van der Waals surface area contributed by atoms with Gasteiger partial charge in [0, 0.05) is 11.6 Å². The number of Topliss-reactive ketones (excluding diaryl/α,β-unsaturated/α-hetero) is 1. The molecule has 26 heavy (non-hydrogen) atoms. The van der Waals surface area contributed by atoms with Gasteiger partial charge in [-0.1, -0.05) is 12.1 Å². The first-order chi connectivity index (χ1) is 12.6. The molecule has 0 atom stereocenters. The minimum Gasteiger partial charge on any atom is -0.497 e. The van der Waals surface area contributed by atoms with Gasteiger partial charge in [-0.3, -0.25) is 4.79 Å². The molecule has 0 saturated carbocycles. The van der Waals surface area contributed by atoms with Crippen LogP contribution >= 0.6 is 0 Å². The van der Waals surface area contributed by atoms with Crippen LogP contribution in [0, 0.1) is 0 Å². The van der Waals surface area contributed by atoms with Crippen LogP contribution in [0.1, 0.15) is 15.9 Å². The highest BCUT2D eigenvalue weighted by Crippen LogP contribution is 2.25. The van der Waals surface area contributed by atoms with Gasteiger partial charge in [-0.25, -0.2) is 4.79 Å². The lowest BCUT2D eigenvalue weighted by molar-refractivity contribution is -0.136. The molecule has 0 aliphatic carbocycles. The zero-order chi connectivity index (χ0) is 18.9. The third kappa shape index (κ3) is 4.86. The SMILES string of the molecule is COc1ccc(OC)c(/C=C/C(=O)OCC(=O)c2ccccc2OC)c1. The summed E-state index contributed by atoms with van der Waals surface area (Å²) in [5.74, 6) is 0.664. The molecule has 0 aliphatic rings. The lowest BCUT2D eigenvalue weighted by atomic mass is 10.1. The first-order valence-corrected chi connectivity index (χ1v) is 7.82. The van der Waals surface area contributed by atoms with E-state index < -0.39 is 5.97 Å². The van der Waals surface area contributed by atoms with Crippen molar-refractivity contribution in [3.63, 3.8) is 0 Å². The minimum absolute atomic E-state index is 0.344. The number of para-hydroxylation sites is 1. The summed E-state index contributed by atoms with van der Waals surface area (Å²) in [7, 11) is 4.55. The summed E-state index contributed by atoms with van der Waals surface area (Å²) in [6.07, 6.45) is 2.77. The molecular weight excluding hydrogens is 336 g/mol. The summed E-state index contributed by atoms with van der Waals surface area (Å²) in [6.45, 7) is -0.376. The Balaban J connectivity index is 2.00. The Kier molecular flexibility index (Phi) is 6.79. The zero-order valence-corrected chi connectivity index (χ0v) is 14.9. The number of esters is 1. The van der Waals surface area contributed by atoms with E-state index >= 15 is 0 Å². The molecule has 0 aliphatic heterocycles. The fraction of sp³-hybridized carbons (Fsp3) is 0.200. The summed E-state index contributed by atoms with van der Waals surface area (Å²) in [5.41, 5.74) is 1.01. The van der Waals surface area contributed by atoms with Gasteiger partial charge in [0.05, 0.1) is 26.9 Å². The topological polar surface area (TPSA) is 71.1 Å². The minimum atomic E-state index is -0.641. The van der Waals surface area contributed by atoms with E-state index in [0.29, 0.717) is 28.4 Å². The number of carbonyl (C=O) groups excluding carboxylic acids is 2. The Morgan fingerprint density at radius 3 is 2.35 bits per heavy atom. The molecule has 0 aromatic heterocycles. The predicted molar refractivity (Wildman–Crippen MR) is 96.9 cm³/mol. The van der Waals surface area contributed by atoms with Gasteiger partial charge in [0.1, 0.15) is 17.2 Å². The van der Waals surface area contributed by atoms with Gasteiger partial charge in [-0.15, -0.1) is 0 Å². The van der Waals surface area contributed by atoms with Crippen LogP contribution in [0.3, 0.4) is 0 Å².